The Morgan fingerprint density at radius 2 is 1.78 bits per heavy atom. The normalized spacial score (nSPS) is 12.6. The van der Waals surface area contributed by atoms with E-state index in [2.05, 4.69) is 40.5 Å². The van der Waals surface area contributed by atoms with Crippen LogP contribution in [0.15, 0.2) is 84.6 Å². The van der Waals surface area contributed by atoms with Gasteiger partial charge in [0.2, 0.25) is 0 Å². The predicted octanol–water partition coefficient (Wildman–Crippen LogP) is 4.43. The lowest BCUT2D eigenvalue weighted by atomic mass is 10.00. The Labute approximate surface area is 245 Å². The van der Waals surface area contributed by atoms with E-state index in [1.165, 1.54) is 11.3 Å². The summed E-state index contributed by atoms with van der Waals surface area (Å²) in [6, 6.07) is 18.0. The van der Waals surface area contributed by atoms with Gasteiger partial charge in [-0.15, -0.1) is 11.3 Å². The van der Waals surface area contributed by atoms with Crippen LogP contribution in [0.5, 0.6) is 0 Å². The molecule has 41 heavy (non-hydrogen) atoms. The van der Waals surface area contributed by atoms with Crippen LogP contribution in [0.25, 0.3) is 0 Å². The largest absolute Gasteiger partial charge is 0.390 e. The van der Waals surface area contributed by atoms with Crippen LogP contribution in [0, 0.1) is 0 Å². The molecule has 9 heteroatoms. The smallest absolute Gasteiger partial charge is 0.253 e. The number of rotatable bonds is 13. The molecule has 2 aromatic carbocycles. The molecule has 3 N–H and O–H groups in total. The van der Waals surface area contributed by atoms with Crippen LogP contribution in [-0.4, -0.2) is 57.5 Å². The first-order valence-corrected chi connectivity index (χ1v) is 14.6. The number of carbonyl (C=O) groups excluding carboxylic acids is 2. The Morgan fingerprint density at radius 3 is 2.51 bits per heavy atom. The van der Waals surface area contributed by atoms with Crippen LogP contribution >= 0.6 is 11.3 Å². The van der Waals surface area contributed by atoms with Gasteiger partial charge < -0.3 is 20.6 Å². The van der Waals surface area contributed by atoms with Crippen LogP contribution < -0.4 is 10.6 Å². The third-order valence-electron chi connectivity index (χ3n) is 6.82. The zero-order chi connectivity index (χ0) is 29.2. The van der Waals surface area contributed by atoms with Crippen molar-refractivity contribution in [1.29, 1.82) is 0 Å². The molecule has 214 valence electrons. The molecule has 4 rings (SSSR count). The molecule has 0 spiro atoms. The van der Waals surface area contributed by atoms with E-state index in [0.717, 1.165) is 21.7 Å². The van der Waals surface area contributed by atoms with Gasteiger partial charge in [-0.1, -0.05) is 56.3 Å². The monoisotopic (exact) mass is 571 g/mol. The number of nitrogens with zero attached hydrogens (tertiary/aromatic N) is 3. The van der Waals surface area contributed by atoms with Gasteiger partial charge in [-0.2, -0.15) is 0 Å². The summed E-state index contributed by atoms with van der Waals surface area (Å²) in [7, 11) is 1.71. The Morgan fingerprint density at radius 1 is 1.00 bits per heavy atom. The molecule has 0 aliphatic rings. The average Bonchev–Trinajstić information content (AvgIpc) is 3.50. The molecule has 0 fully saturated rings. The van der Waals surface area contributed by atoms with Crippen LogP contribution in [0.1, 0.15) is 62.2 Å². The highest BCUT2D eigenvalue weighted by Gasteiger charge is 2.23. The maximum absolute atomic E-state index is 13.4. The van der Waals surface area contributed by atoms with Crippen molar-refractivity contribution in [2.24, 2.45) is 0 Å². The number of benzene rings is 2. The van der Waals surface area contributed by atoms with Crippen molar-refractivity contribution in [3.05, 3.63) is 117 Å². The standard InChI is InChI=1S/C32H37N5O3S/c1-22(2)27-14-24(17-33-19-27)18-34-20-29(38)28(15-23-8-5-4-6-9-23)36-31(39)25-10-7-11-26(16-25)32(40)37(3)21-30-35-12-13-41-30/h4-14,16-17,19,22,28-29,34,38H,15,18,20-21H2,1-3H3,(H,36,39)/t28-,29+/m0/s1. The summed E-state index contributed by atoms with van der Waals surface area (Å²) < 4.78 is 0. The lowest BCUT2D eigenvalue weighted by molar-refractivity contribution is 0.0785. The first kappa shape index (κ1) is 30.0. The summed E-state index contributed by atoms with van der Waals surface area (Å²) in [5, 5.41) is 20.2. The van der Waals surface area contributed by atoms with Gasteiger partial charge in [0.1, 0.15) is 5.01 Å². The third kappa shape index (κ3) is 8.78. The van der Waals surface area contributed by atoms with E-state index in [1.807, 2.05) is 48.1 Å². The molecule has 2 aromatic heterocycles. The van der Waals surface area contributed by atoms with Crippen LogP contribution in [0.2, 0.25) is 0 Å². The molecule has 0 saturated carbocycles. The lowest BCUT2D eigenvalue weighted by Gasteiger charge is -2.25. The Bertz CT molecular complexity index is 1410. The molecule has 4 aromatic rings. The highest BCUT2D eigenvalue weighted by molar-refractivity contribution is 7.09. The van der Waals surface area contributed by atoms with Crippen molar-refractivity contribution in [3.63, 3.8) is 0 Å². The fraction of sp³-hybridized carbons (Fsp3) is 0.312. The highest BCUT2D eigenvalue weighted by Crippen LogP contribution is 2.15. The summed E-state index contributed by atoms with van der Waals surface area (Å²) in [6.07, 6.45) is 5.00. The molecule has 0 unspecified atom stereocenters. The van der Waals surface area contributed by atoms with Crippen molar-refractivity contribution >= 4 is 23.2 Å². The molecule has 0 bridgehead atoms. The maximum Gasteiger partial charge on any atom is 0.253 e. The first-order chi connectivity index (χ1) is 19.8. The summed E-state index contributed by atoms with van der Waals surface area (Å²) in [4.78, 5) is 36.5. The SMILES string of the molecule is CC(C)c1cncc(CNC[C@@H](O)[C@H](Cc2ccccc2)NC(=O)c2cccc(C(=O)N(C)Cc3nccs3)c2)c1. The van der Waals surface area contributed by atoms with Gasteiger partial charge in [-0.25, -0.2) is 4.98 Å². The highest BCUT2D eigenvalue weighted by atomic mass is 32.1. The molecule has 2 amide bonds. The molecular formula is C32H37N5O3S. The fourth-order valence-electron chi connectivity index (χ4n) is 4.45. The molecular weight excluding hydrogens is 534 g/mol. The molecule has 8 nitrogen and oxygen atoms in total. The van der Waals surface area contributed by atoms with E-state index in [1.54, 1.807) is 42.4 Å². The number of hydrogen-bond acceptors (Lipinski definition) is 7. The number of aliphatic hydroxyl groups is 1. The van der Waals surface area contributed by atoms with E-state index in [0.29, 0.717) is 36.6 Å². The van der Waals surface area contributed by atoms with E-state index in [9.17, 15) is 14.7 Å². The molecule has 0 saturated heterocycles. The second kappa shape index (κ2) is 14.6. The lowest BCUT2D eigenvalue weighted by Crippen LogP contribution is -2.48. The number of aliphatic hydroxyl groups excluding tert-OH is 1. The average molecular weight is 572 g/mol. The van der Waals surface area contributed by atoms with E-state index < -0.39 is 12.1 Å². The van der Waals surface area contributed by atoms with Crippen molar-refractivity contribution in [3.8, 4) is 0 Å². The minimum Gasteiger partial charge on any atom is -0.390 e. The second-order valence-corrected chi connectivity index (χ2v) is 11.4. The summed E-state index contributed by atoms with van der Waals surface area (Å²) >= 11 is 1.49. The Balaban J connectivity index is 1.42. The number of carbonyl (C=O) groups is 2. The van der Waals surface area contributed by atoms with Crippen LogP contribution in [0.3, 0.4) is 0 Å². The zero-order valence-corrected chi connectivity index (χ0v) is 24.5. The van der Waals surface area contributed by atoms with E-state index >= 15 is 0 Å². The zero-order valence-electron chi connectivity index (χ0n) is 23.7. The van der Waals surface area contributed by atoms with Crippen LogP contribution in [0.4, 0.5) is 0 Å². The topological polar surface area (TPSA) is 107 Å². The number of thiazole rings is 1. The minimum atomic E-state index is -0.852. The van der Waals surface area contributed by atoms with Crippen LogP contribution in [-0.2, 0) is 19.5 Å². The Kier molecular flexibility index (Phi) is 10.7. The Hall–Kier alpha value is -3.92. The molecule has 2 atom stereocenters. The quantitative estimate of drug-likeness (QED) is 0.219. The molecule has 2 heterocycles. The van der Waals surface area contributed by atoms with Gasteiger partial charge in [0.25, 0.3) is 11.8 Å². The van der Waals surface area contributed by atoms with Crippen molar-refractivity contribution < 1.29 is 14.7 Å². The van der Waals surface area contributed by atoms with E-state index in [4.69, 9.17) is 0 Å². The number of nitrogens with one attached hydrogen (secondary N) is 2. The first-order valence-electron chi connectivity index (χ1n) is 13.7. The summed E-state index contributed by atoms with van der Waals surface area (Å²) in [5.74, 6) is -0.169. The van der Waals surface area contributed by atoms with Gasteiger partial charge in [-0.3, -0.25) is 14.6 Å². The van der Waals surface area contributed by atoms with Crippen molar-refractivity contribution in [1.82, 2.24) is 25.5 Å². The third-order valence-corrected chi connectivity index (χ3v) is 7.58. The minimum absolute atomic E-state index is 0.198. The van der Waals surface area contributed by atoms with Gasteiger partial charge >= 0.3 is 0 Å². The van der Waals surface area contributed by atoms with Gasteiger partial charge in [0.15, 0.2) is 0 Å². The summed E-state index contributed by atoms with van der Waals surface area (Å²) in [6.45, 7) is 5.48. The number of amides is 2. The van der Waals surface area contributed by atoms with Gasteiger partial charge in [0, 0.05) is 55.2 Å². The van der Waals surface area contributed by atoms with Gasteiger partial charge in [0.05, 0.1) is 18.7 Å². The number of hydrogen-bond donors (Lipinski definition) is 3. The van der Waals surface area contributed by atoms with Crippen molar-refractivity contribution in [2.75, 3.05) is 13.6 Å². The second-order valence-electron chi connectivity index (χ2n) is 10.4. The molecule has 0 radical (unpaired) electrons. The van der Waals surface area contributed by atoms with Gasteiger partial charge in [-0.05, 0) is 47.2 Å². The number of pyridine rings is 1. The molecule has 0 aliphatic carbocycles. The molecule has 0 aliphatic heterocycles. The summed E-state index contributed by atoms with van der Waals surface area (Å²) in [5.41, 5.74) is 3.96. The fourth-order valence-corrected chi connectivity index (χ4v) is 5.12. The van der Waals surface area contributed by atoms with E-state index in [-0.39, 0.29) is 18.4 Å². The predicted molar refractivity (Wildman–Crippen MR) is 162 cm³/mol. The number of aromatic nitrogens is 2. The maximum atomic E-state index is 13.4. The van der Waals surface area contributed by atoms with Crippen molar-refractivity contribution in [2.45, 2.75) is 51.4 Å².